The van der Waals surface area contributed by atoms with Crippen molar-refractivity contribution in [3.63, 3.8) is 0 Å². The molecule has 5 rings (SSSR count). The zero-order valence-electron chi connectivity index (χ0n) is 16.9. The van der Waals surface area contributed by atoms with Crippen LogP contribution in [-0.4, -0.2) is 42.0 Å². The summed E-state index contributed by atoms with van der Waals surface area (Å²) >= 11 is 3.38. The van der Waals surface area contributed by atoms with Crippen LogP contribution in [0, 0.1) is 0 Å². The minimum atomic E-state index is -0.283. The van der Waals surface area contributed by atoms with Gasteiger partial charge in [-0.2, -0.15) is 10.2 Å². The van der Waals surface area contributed by atoms with Crippen molar-refractivity contribution in [3.05, 3.63) is 54.1 Å². The lowest BCUT2D eigenvalue weighted by Gasteiger charge is -2.26. The number of hydrogen-bond donors (Lipinski definition) is 2. The molecule has 0 radical (unpaired) electrons. The molecule has 1 saturated carbocycles. The third-order valence-electron chi connectivity index (χ3n) is 5.51. The zero-order chi connectivity index (χ0) is 21.9. The van der Waals surface area contributed by atoms with Crippen molar-refractivity contribution in [1.29, 1.82) is 0 Å². The minimum Gasteiger partial charge on any atom is -0.317 e. The fourth-order valence-electron chi connectivity index (χ4n) is 3.83. The summed E-state index contributed by atoms with van der Waals surface area (Å²) in [5.41, 5.74) is 3.19. The van der Waals surface area contributed by atoms with E-state index < -0.39 is 0 Å². The summed E-state index contributed by atoms with van der Waals surface area (Å²) < 4.78 is 7.42. The molecule has 32 heavy (non-hydrogen) atoms. The standard InChI is InChI=1S/C21H20IN7O2S/c22-31-15-6-4-14(5-7-15)29-11-17(19(28-29)16-3-1-2-8-23-16)26-20(30)18-12-32-21(27-18)13-9-24-25-10-13/h1-3,8-12,14-15H,4-7H2,(H,24,25)(H,26,30)/t14-,15-. The number of anilines is 1. The van der Waals surface area contributed by atoms with Crippen LogP contribution in [0.2, 0.25) is 0 Å². The number of pyridine rings is 1. The molecule has 1 fully saturated rings. The second-order valence-corrected chi connectivity index (χ2v) is 8.95. The van der Waals surface area contributed by atoms with Crippen LogP contribution < -0.4 is 5.32 Å². The molecule has 4 heterocycles. The van der Waals surface area contributed by atoms with Crippen LogP contribution in [0.25, 0.3) is 22.0 Å². The molecular weight excluding hydrogens is 541 g/mol. The van der Waals surface area contributed by atoms with Crippen LogP contribution in [0.3, 0.4) is 0 Å². The number of carbonyl (C=O) groups is 1. The Morgan fingerprint density at radius 1 is 1.28 bits per heavy atom. The Morgan fingerprint density at radius 3 is 2.88 bits per heavy atom. The Morgan fingerprint density at radius 2 is 2.16 bits per heavy atom. The largest absolute Gasteiger partial charge is 0.317 e. The van der Waals surface area contributed by atoms with E-state index in [-0.39, 0.29) is 11.9 Å². The highest BCUT2D eigenvalue weighted by atomic mass is 127. The summed E-state index contributed by atoms with van der Waals surface area (Å²) in [4.78, 5) is 21.9. The molecule has 0 atom stereocenters. The first kappa shape index (κ1) is 21.2. The number of amides is 1. The number of carbonyl (C=O) groups excluding carboxylic acids is 1. The molecule has 1 aliphatic carbocycles. The van der Waals surface area contributed by atoms with Gasteiger partial charge in [-0.15, -0.1) is 11.3 Å². The molecule has 0 bridgehead atoms. The van der Waals surface area contributed by atoms with Crippen LogP contribution >= 0.6 is 34.3 Å². The molecule has 0 aromatic carbocycles. The van der Waals surface area contributed by atoms with Gasteiger partial charge in [0.15, 0.2) is 0 Å². The van der Waals surface area contributed by atoms with Crippen molar-refractivity contribution in [2.24, 2.45) is 0 Å². The van der Waals surface area contributed by atoms with E-state index >= 15 is 0 Å². The number of nitrogens with one attached hydrogen (secondary N) is 2. The van der Waals surface area contributed by atoms with Gasteiger partial charge in [0.2, 0.25) is 0 Å². The highest BCUT2D eigenvalue weighted by Crippen LogP contribution is 2.34. The van der Waals surface area contributed by atoms with Crippen molar-refractivity contribution in [1.82, 2.24) is 29.9 Å². The molecule has 1 amide bonds. The molecule has 1 aliphatic rings. The molecule has 164 valence electrons. The van der Waals surface area contributed by atoms with Gasteiger partial charge in [0.25, 0.3) is 5.91 Å². The lowest BCUT2D eigenvalue weighted by Crippen LogP contribution is -2.21. The van der Waals surface area contributed by atoms with Gasteiger partial charge in [-0.3, -0.25) is 19.6 Å². The van der Waals surface area contributed by atoms with Gasteiger partial charge in [-0.25, -0.2) is 4.98 Å². The highest BCUT2D eigenvalue weighted by molar-refractivity contribution is 14.1. The maximum atomic E-state index is 13.0. The number of aromatic amines is 1. The van der Waals surface area contributed by atoms with Crippen molar-refractivity contribution >= 4 is 45.9 Å². The molecule has 0 saturated heterocycles. The van der Waals surface area contributed by atoms with Gasteiger partial charge in [-0.1, -0.05) is 6.07 Å². The van der Waals surface area contributed by atoms with E-state index in [1.54, 1.807) is 24.0 Å². The van der Waals surface area contributed by atoms with Crippen LogP contribution in [0.15, 0.2) is 48.4 Å². The number of aromatic nitrogens is 6. The van der Waals surface area contributed by atoms with E-state index in [1.807, 2.05) is 52.1 Å². The van der Waals surface area contributed by atoms with E-state index in [0.717, 1.165) is 36.3 Å². The summed E-state index contributed by atoms with van der Waals surface area (Å²) in [6.07, 6.45) is 11.3. The minimum absolute atomic E-state index is 0.262. The Labute approximate surface area is 202 Å². The Kier molecular flexibility index (Phi) is 6.28. The number of halogens is 1. The fraction of sp³-hybridized carbons (Fsp3) is 0.286. The molecule has 9 nitrogen and oxygen atoms in total. The third kappa shape index (κ3) is 4.45. The molecule has 0 spiro atoms. The first-order chi connectivity index (χ1) is 15.7. The first-order valence-electron chi connectivity index (χ1n) is 10.2. The second kappa shape index (κ2) is 9.46. The van der Waals surface area contributed by atoms with Gasteiger partial charge >= 0.3 is 0 Å². The van der Waals surface area contributed by atoms with Crippen molar-refractivity contribution < 1.29 is 7.86 Å². The van der Waals surface area contributed by atoms with Crippen LogP contribution in [0.5, 0.6) is 0 Å². The maximum absolute atomic E-state index is 13.0. The number of nitrogens with zero attached hydrogens (tertiary/aromatic N) is 5. The fourth-order valence-corrected chi connectivity index (χ4v) is 5.12. The molecule has 0 unspecified atom stereocenters. The quantitative estimate of drug-likeness (QED) is 0.325. The smallest absolute Gasteiger partial charge is 0.275 e. The number of H-pyrrole nitrogens is 1. The van der Waals surface area contributed by atoms with Crippen LogP contribution in [0.1, 0.15) is 42.2 Å². The Hall–Kier alpha value is -2.64. The maximum Gasteiger partial charge on any atom is 0.275 e. The van der Waals surface area contributed by atoms with Gasteiger partial charge in [0.1, 0.15) is 39.4 Å². The number of thiazole rings is 1. The molecule has 2 N–H and O–H groups in total. The summed E-state index contributed by atoms with van der Waals surface area (Å²) in [5.74, 6) is -0.283. The molecule has 0 aliphatic heterocycles. The summed E-state index contributed by atoms with van der Waals surface area (Å²) in [7, 11) is 0. The molecule has 11 heteroatoms. The van der Waals surface area contributed by atoms with Crippen molar-refractivity contribution in [2.75, 3.05) is 5.32 Å². The van der Waals surface area contributed by atoms with E-state index in [0.29, 0.717) is 28.9 Å². The van der Waals surface area contributed by atoms with E-state index in [4.69, 9.17) is 8.16 Å². The number of rotatable bonds is 6. The normalized spacial score (nSPS) is 18.5. The number of hydrogen-bond acceptors (Lipinski definition) is 7. The lowest BCUT2D eigenvalue weighted by molar-refractivity contribution is 0.102. The van der Waals surface area contributed by atoms with E-state index in [1.165, 1.54) is 11.3 Å². The predicted octanol–water partition coefficient (Wildman–Crippen LogP) is 4.89. The van der Waals surface area contributed by atoms with Gasteiger partial charge in [0, 0.05) is 29.5 Å². The predicted molar refractivity (Wildman–Crippen MR) is 130 cm³/mol. The summed E-state index contributed by atoms with van der Waals surface area (Å²) in [6, 6.07) is 5.92. The first-order valence-corrected chi connectivity index (χ1v) is 12.0. The summed E-state index contributed by atoms with van der Waals surface area (Å²) in [5, 5.41) is 17.0. The SMILES string of the molecule is O=C(Nc1cn([C@H]2CC[C@H](OI)CC2)nc1-c1ccccn1)c1csc(-c2cn[nH]c2)n1. The van der Waals surface area contributed by atoms with E-state index in [9.17, 15) is 4.79 Å². The molecule has 4 aromatic rings. The van der Waals surface area contributed by atoms with Gasteiger partial charge < -0.3 is 8.38 Å². The molecule has 4 aromatic heterocycles. The molecular formula is C21H20IN7O2S. The van der Waals surface area contributed by atoms with Crippen molar-refractivity contribution in [2.45, 2.75) is 37.8 Å². The Bertz CT molecular complexity index is 1180. The lowest BCUT2D eigenvalue weighted by atomic mass is 9.93. The van der Waals surface area contributed by atoms with Gasteiger partial charge in [0.05, 0.1) is 29.7 Å². The van der Waals surface area contributed by atoms with Crippen LogP contribution in [0.4, 0.5) is 5.69 Å². The average Bonchev–Trinajstić information content (AvgIpc) is 3.60. The average molecular weight is 561 g/mol. The monoisotopic (exact) mass is 561 g/mol. The third-order valence-corrected chi connectivity index (χ3v) is 7.12. The van der Waals surface area contributed by atoms with E-state index in [2.05, 4.69) is 25.5 Å². The topological polar surface area (TPSA) is 111 Å². The highest BCUT2D eigenvalue weighted by Gasteiger charge is 2.25. The second-order valence-electron chi connectivity index (χ2n) is 7.58. The van der Waals surface area contributed by atoms with Crippen LogP contribution in [-0.2, 0) is 3.07 Å². The Balaban J connectivity index is 1.41. The summed E-state index contributed by atoms with van der Waals surface area (Å²) in [6.45, 7) is 0. The zero-order valence-corrected chi connectivity index (χ0v) is 19.9. The van der Waals surface area contributed by atoms with Gasteiger partial charge in [-0.05, 0) is 37.8 Å². The van der Waals surface area contributed by atoms with Crippen molar-refractivity contribution in [3.8, 4) is 22.0 Å².